The lowest BCUT2D eigenvalue weighted by atomic mass is 10.0. The van der Waals surface area contributed by atoms with E-state index in [0.29, 0.717) is 37.4 Å². The van der Waals surface area contributed by atoms with Crippen LogP contribution in [0.15, 0.2) is 12.1 Å². The SMILES string of the molecule is CCOC(C)CNc1cc2c(cc1[N+](=O)[O-])NC(=O)CC2. The normalized spacial score (nSPS) is 15.0. The van der Waals surface area contributed by atoms with Crippen molar-refractivity contribution in [3.63, 3.8) is 0 Å². The van der Waals surface area contributed by atoms with Crippen LogP contribution in [0, 0.1) is 10.1 Å². The van der Waals surface area contributed by atoms with E-state index >= 15 is 0 Å². The van der Waals surface area contributed by atoms with Crippen molar-refractivity contribution in [3.05, 3.63) is 27.8 Å². The number of carbonyl (C=O) groups is 1. The minimum atomic E-state index is -0.450. The van der Waals surface area contributed by atoms with Gasteiger partial charge in [-0.25, -0.2) is 0 Å². The topological polar surface area (TPSA) is 93.5 Å². The van der Waals surface area contributed by atoms with Crippen LogP contribution in [0.1, 0.15) is 25.8 Å². The van der Waals surface area contributed by atoms with Crippen LogP contribution in [0.2, 0.25) is 0 Å². The molecule has 2 rings (SSSR count). The Bertz CT molecular complexity index is 559. The van der Waals surface area contributed by atoms with Gasteiger partial charge in [0.2, 0.25) is 5.91 Å². The summed E-state index contributed by atoms with van der Waals surface area (Å²) in [5.41, 5.74) is 1.86. The highest BCUT2D eigenvalue weighted by molar-refractivity contribution is 5.95. The number of nitrogens with one attached hydrogen (secondary N) is 2. The molecule has 1 aliphatic heterocycles. The molecule has 1 aromatic carbocycles. The van der Waals surface area contributed by atoms with Crippen molar-refractivity contribution in [2.45, 2.75) is 32.8 Å². The number of nitrogens with zero attached hydrogens (tertiary/aromatic N) is 1. The summed E-state index contributed by atoms with van der Waals surface area (Å²) in [6.07, 6.45) is 0.958. The molecule has 7 heteroatoms. The van der Waals surface area contributed by atoms with E-state index in [-0.39, 0.29) is 17.7 Å². The Balaban J connectivity index is 2.23. The summed E-state index contributed by atoms with van der Waals surface area (Å²) in [6.45, 7) is 4.89. The number of fused-ring (bicyclic) bond motifs is 1. The quantitative estimate of drug-likeness (QED) is 0.620. The van der Waals surface area contributed by atoms with Gasteiger partial charge in [-0.15, -0.1) is 0 Å². The summed E-state index contributed by atoms with van der Waals surface area (Å²) in [7, 11) is 0. The molecule has 0 fully saturated rings. The van der Waals surface area contributed by atoms with Gasteiger partial charge in [0.25, 0.3) is 5.69 Å². The highest BCUT2D eigenvalue weighted by Gasteiger charge is 2.22. The van der Waals surface area contributed by atoms with Gasteiger partial charge < -0.3 is 15.4 Å². The van der Waals surface area contributed by atoms with Crippen molar-refractivity contribution >= 4 is 23.0 Å². The molecule has 7 nitrogen and oxygen atoms in total. The number of benzene rings is 1. The molecule has 0 saturated carbocycles. The second-order valence-electron chi connectivity index (χ2n) is 4.98. The van der Waals surface area contributed by atoms with Crippen LogP contribution >= 0.6 is 0 Å². The molecule has 114 valence electrons. The van der Waals surface area contributed by atoms with E-state index in [4.69, 9.17) is 4.74 Å². The maximum absolute atomic E-state index is 11.4. The molecule has 0 bridgehead atoms. The summed E-state index contributed by atoms with van der Waals surface area (Å²) in [5, 5.41) is 16.9. The Morgan fingerprint density at radius 2 is 2.24 bits per heavy atom. The molecular formula is C14H19N3O4. The Morgan fingerprint density at radius 3 is 2.90 bits per heavy atom. The molecule has 21 heavy (non-hydrogen) atoms. The predicted octanol–water partition coefficient (Wildman–Crippen LogP) is 2.32. The molecule has 1 atom stereocenters. The molecule has 0 aliphatic carbocycles. The van der Waals surface area contributed by atoms with Crippen molar-refractivity contribution in [2.75, 3.05) is 23.8 Å². The number of rotatable bonds is 6. The van der Waals surface area contributed by atoms with Crippen molar-refractivity contribution < 1.29 is 14.5 Å². The number of aryl methyl sites for hydroxylation is 1. The predicted molar refractivity (Wildman–Crippen MR) is 79.6 cm³/mol. The number of hydrogen-bond donors (Lipinski definition) is 2. The summed E-state index contributed by atoms with van der Waals surface area (Å²) in [6, 6.07) is 3.16. The summed E-state index contributed by atoms with van der Waals surface area (Å²) >= 11 is 0. The second-order valence-corrected chi connectivity index (χ2v) is 4.98. The Kier molecular flexibility index (Phi) is 4.74. The number of amides is 1. The average Bonchev–Trinajstić information content (AvgIpc) is 2.44. The largest absolute Gasteiger partial charge is 0.377 e. The second kappa shape index (κ2) is 6.53. The van der Waals surface area contributed by atoms with E-state index in [1.54, 1.807) is 6.07 Å². The zero-order valence-electron chi connectivity index (χ0n) is 12.1. The maximum Gasteiger partial charge on any atom is 0.294 e. The number of carbonyl (C=O) groups excluding carboxylic acids is 1. The van der Waals surface area contributed by atoms with Crippen LogP contribution in [0.5, 0.6) is 0 Å². The fourth-order valence-electron chi connectivity index (χ4n) is 2.31. The molecule has 0 aromatic heterocycles. The van der Waals surface area contributed by atoms with Gasteiger partial charge in [0.1, 0.15) is 5.69 Å². The number of ether oxygens (including phenoxy) is 1. The first-order chi connectivity index (χ1) is 10.0. The van der Waals surface area contributed by atoms with Gasteiger partial charge >= 0.3 is 0 Å². The van der Waals surface area contributed by atoms with Gasteiger partial charge in [0, 0.05) is 25.6 Å². The van der Waals surface area contributed by atoms with Crippen LogP contribution in [-0.4, -0.2) is 30.1 Å². The van der Waals surface area contributed by atoms with Gasteiger partial charge in [-0.3, -0.25) is 14.9 Å². The standard InChI is InChI=1S/C14H19N3O4/c1-3-21-9(2)8-15-12-6-10-4-5-14(18)16-11(10)7-13(12)17(19)20/h6-7,9,15H,3-5,8H2,1-2H3,(H,16,18). The number of nitro benzene ring substituents is 1. The van der Waals surface area contributed by atoms with Crippen LogP contribution in [0.4, 0.5) is 17.1 Å². The Hall–Kier alpha value is -2.15. The van der Waals surface area contributed by atoms with E-state index in [2.05, 4.69) is 10.6 Å². The lowest BCUT2D eigenvalue weighted by Gasteiger charge is -2.19. The van der Waals surface area contributed by atoms with Gasteiger partial charge in [0.05, 0.1) is 16.7 Å². The highest BCUT2D eigenvalue weighted by atomic mass is 16.6. The van der Waals surface area contributed by atoms with Crippen molar-refractivity contribution in [2.24, 2.45) is 0 Å². The lowest BCUT2D eigenvalue weighted by Crippen LogP contribution is -2.22. The molecule has 1 unspecified atom stereocenters. The summed E-state index contributed by atoms with van der Waals surface area (Å²) < 4.78 is 5.40. The van der Waals surface area contributed by atoms with Crippen LogP contribution in [0.3, 0.4) is 0 Å². The minimum Gasteiger partial charge on any atom is -0.377 e. The smallest absolute Gasteiger partial charge is 0.294 e. The number of nitro groups is 1. The molecule has 1 aromatic rings. The maximum atomic E-state index is 11.4. The molecule has 1 amide bonds. The molecular weight excluding hydrogens is 274 g/mol. The van der Waals surface area contributed by atoms with Gasteiger partial charge in [-0.2, -0.15) is 0 Å². The van der Waals surface area contributed by atoms with Crippen LogP contribution in [-0.2, 0) is 16.0 Å². The Labute approximate surface area is 122 Å². The third kappa shape index (κ3) is 3.69. The summed E-state index contributed by atoms with van der Waals surface area (Å²) in [4.78, 5) is 22.1. The van der Waals surface area contributed by atoms with E-state index in [1.807, 2.05) is 13.8 Å². The fraction of sp³-hybridized carbons (Fsp3) is 0.500. The van der Waals surface area contributed by atoms with Crippen LogP contribution < -0.4 is 10.6 Å². The Morgan fingerprint density at radius 1 is 1.48 bits per heavy atom. The monoisotopic (exact) mass is 293 g/mol. The van der Waals surface area contributed by atoms with Crippen LogP contribution in [0.25, 0.3) is 0 Å². The fourth-order valence-corrected chi connectivity index (χ4v) is 2.31. The number of hydrogen-bond acceptors (Lipinski definition) is 5. The van der Waals surface area contributed by atoms with Gasteiger partial charge in [0.15, 0.2) is 0 Å². The van der Waals surface area contributed by atoms with Crippen molar-refractivity contribution in [1.82, 2.24) is 0 Å². The van der Waals surface area contributed by atoms with E-state index < -0.39 is 4.92 Å². The molecule has 2 N–H and O–H groups in total. The number of anilines is 2. The zero-order chi connectivity index (χ0) is 15.4. The third-order valence-corrected chi connectivity index (χ3v) is 3.34. The zero-order valence-corrected chi connectivity index (χ0v) is 12.1. The highest BCUT2D eigenvalue weighted by Crippen LogP contribution is 2.34. The lowest BCUT2D eigenvalue weighted by molar-refractivity contribution is -0.383. The van der Waals surface area contributed by atoms with Gasteiger partial charge in [-0.1, -0.05) is 0 Å². The molecule has 1 heterocycles. The summed E-state index contributed by atoms with van der Waals surface area (Å²) in [5.74, 6) is -0.109. The van der Waals surface area contributed by atoms with Crippen molar-refractivity contribution in [1.29, 1.82) is 0 Å². The van der Waals surface area contributed by atoms with E-state index in [9.17, 15) is 14.9 Å². The minimum absolute atomic E-state index is 0.0367. The molecule has 1 aliphatic rings. The van der Waals surface area contributed by atoms with E-state index in [0.717, 1.165) is 5.56 Å². The van der Waals surface area contributed by atoms with Gasteiger partial charge in [-0.05, 0) is 31.9 Å². The molecule has 0 spiro atoms. The van der Waals surface area contributed by atoms with Crippen molar-refractivity contribution in [3.8, 4) is 0 Å². The first-order valence-electron chi connectivity index (χ1n) is 6.98. The third-order valence-electron chi connectivity index (χ3n) is 3.34. The average molecular weight is 293 g/mol. The first kappa shape index (κ1) is 15.2. The first-order valence-corrected chi connectivity index (χ1v) is 6.98. The molecule has 0 radical (unpaired) electrons. The van der Waals surface area contributed by atoms with E-state index in [1.165, 1.54) is 6.07 Å². The molecule has 0 saturated heterocycles.